The van der Waals surface area contributed by atoms with E-state index in [2.05, 4.69) is 13.8 Å². The summed E-state index contributed by atoms with van der Waals surface area (Å²) in [5.41, 5.74) is 1.71. The first-order valence-corrected chi connectivity index (χ1v) is 8.86. The Hall–Kier alpha value is -1.49. The van der Waals surface area contributed by atoms with Crippen molar-refractivity contribution in [2.24, 2.45) is 0 Å². The van der Waals surface area contributed by atoms with Crippen molar-refractivity contribution >= 4 is 23.6 Å². The normalized spacial score (nSPS) is 18.4. The molecule has 1 heterocycles. The average Bonchev–Trinajstić information content (AvgIpc) is 2.54. The molecule has 0 saturated carbocycles. The monoisotopic (exact) mass is 321 g/mol. The van der Waals surface area contributed by atoms with Crippen LogP contribution >= 0.6 is 11.8 Å². The molecule has 1 saturated heterocycles. The minimum absolute atomic E-state index is 0.0670. The Morgan fingerprint density at radius 1 is 1.36 bits per heavy atom. The van der Waals surface area contributed by atoms with Crippen molar-refractivity contribution in [2.45, 2.75) is 32.7 Å². The van der Waals surface area contributed by atoms with Gasteiger partial charge in [0.25, 0.3) is 5.91 Å². The molecule has 0 bridgehead atoms. The number of thioether (sulfide) groups is 1. The molecule has 2 rings (SSSR count). The second-order valence-corrected chi connectivity index (χ2v) is 6.73. The van der Waals surface area contributed by atoms with E-state index in [1.807, 2.05) is 24.3 Å². The van der Waals surface area contributed by atoms with Crippen molar-refractivity contribution in [3.05, 3.63) is 35.4 Å². The van der Waals surface area contributed by atoms with E-state index >= 15 is 0 Å². The molecule has 0 aliphatic carbocycles. The molecule has 5 heteroatoms. The predicted molar refractivity (Wildman–Crippen MR) is 89.3 cm³/mol. The highest BCUT2D eigenvalue weighted by molar-refractivity contribution is 7.99. The molecule has 1 unspecified atom stereocenters. The van der Waals surface area contributed by atoms with Crippen molar-refractivity contribution in [1.82, 2.24) is 4.90 Å². The van der Waals surface area contributed by atoms with Crippen LogP contribution in [-0.2, 0) is 9.53 Å². The molecule has 1 fully saturated rings. The Morgan fingerprint density at radius 2 is 2.09 bits per heavy atom. The van der Waals surface area contributed by atoms with E-state index in [0.717, 1.165) is 11.3 Å². The molecular formula is C17H23NO3S. The number of rotatable bonds is 4. The summed E-state index contributed by atoms with van der Waals surface area (Å²) in [5, 5.41) is 0. The van der Waals surface area contributed by atoms with Crippen molar-refractivity contribution in [1.29, 1.82) is 0 Å². The Kier molecular flexibility index (Phi) is 5.89. The van der Waals surface area contributed by atoms with Crippen molar-refractivity contribution in [3.63, 3.8) is 0 Å². The molecule has 1 aliphatic rings. The molecule has 120 valence electrons. The standard InChI is InChI=1S/C17H23NO3S/c1-4-21-17(20)15-11-22-10-9-18(15)16(19)14-8-6-5-7-13(14)12(2)3/h5-8,12,15H,4,9-11H2,1-3H3. The Labute approximate surface area is 136 Å². The molecule has 0 spiro atoms. The maximum atomic E-state index is 13.0. The van der Waals surface area contributed by atoms with Gasteiger partial charge >= 0.3 is 5.97 Å². The molecule has 1 amide bonds. The number of hydrogen-bond donors (Lipinski definition) is 0. The molecule has 1 atom stereocenters. The number of esters is 1. The van der Waals surface area contributed by atoms with Gasteiger partial charge in [-0.3, -0.25) is 4.79 Å². The van der Waals surface area contributed by atoms with Crippen LogP contribution in [-0.4, -0.2) is 47.5 Å². The second kappa shape index (κ2) is 7.68. The summed E-state index contributed by atoms with van der Waals surface area (Å²) in [5.74, 6) is 1.35. The first kappa shape index (κ1) is 16.9. The van der Waals surface area contributed by atoms with Crippen molar-refractivity contribution < 1.29 is 14.3 Å². The van der Waals surface area contributed by atoms with E-state index in [0.29, 0.717) is 24.5 Å². The van der Waals surface area contributed by atoms with Gasteiger partial charge in [0.1, 0.15) is 6.04 Å². The van der Waals surface area contributed by atoms with Gasteiger partial charge in [-0.05, 0) is 24.5 Å². The average molecular weight is 321 g/mol. The van der Waals surface area contributed by atoms with Gasteiger partial charge in [0.2, 0.25) is 0 Å². The van der Waals surface area contributed by atoms with Crippen LogP contribution in [0.5, 0.6) is 0 Å². The van der Waals surface area contributed by atoms with E-state index < -0.39 is 6.04 Å². The molecule has 0 aromatic heterocycles. The highest BCUT2D eigenvalue weighted by Crippen LogP contribution is 2.24. The summed E-state index contributed by atoms with van der Waals surface area (Å²) in [7, 11) is 0. The zero-order valence-electron chi connectivity index (χ0n) is 13.4. The zero-order valence-corrected chi connectivity index (χ0v) is 14.2. The van der Waals surface area contributed by atoms with Crippen LogP contribution in [0.1, 0.15) is 42.6 Å². The summed E-state index contributed by atoms with van der Waals surface area (Å²) in [6.45, 7) is 6.85. The number of carbonyl (C=O) groups excluding carboxylic acids is 2. The fraction of sp³-hybridized carbons (Fsp3) is 0.529. The largest absolute Gasteiger partial charge is 0.464 e. The van der Waals surface area contributed by atoms with Crippen LogP contribution in [0.25, 0.3) is 0 Å². The SMILES string of the molecule is CCOC(=O)C1CSCCN1C(=O)c1ccccc1C(C)C. The predicted octanol–water partition coefficient (Wildman–Crippen LogP) is 2.93. The first-order valence-electron chi connectivity index (χ1n) is 7.70. The molecule has 0 N–H and O–H groups in total. The number of ether oxygens (including phenoxy) is 1. The van der Waals surface area contributed by atoms with Crippen LogP contribution in [0.15, 0.2) is 24.3 Å². The third-order valence-corrected chi connectivity index (χ3v) is 4.78. The first-order chi connectivity index (χ1) is 10.6. The number of hydrogen-bond acceptors (Lipinski definition) is 4. The summed E-state index contributed by atoms with van der Waals surface area (Å²) in [4.78, 5) is 26.8. The summed E-state index contributed by atoms with van der Waals surface area (Å²) < 4.78 is 5.13. The van der Waals surface area contributed by atoms with Crippen molar-refractivity contribution in [3.8, 4) is 0 Å². The lowest BCUT2D eigenvalue weighted by Gasteiger charge is -2.34. The van der Waals surface area contributed by atoms with E-state index in [-0.39, 0.29) is 17.8 Å². The van der Waals surface area contributed by atoms with Gasteiger partial charge in [-0.1, -0.05) is 32.0 Å². The van der Waals surface area contributed by atoms with Gasteiger partial charge in [0.15, 0.2) is 0 Å². The molecule has 4 nitrogen and oxygen atoms in total. The molecule has 0 radical (unpaired) electrons. The van der Waals surface area contributed by atoms with Crippen LogP contribution in [0.4, 0.5) is 0 Å². The maximum Gasteiger partial charge on any atom is 0.329 e. The fourth-order valence-corrected chi connectivity index (χ4v) is 3.66. The van der Waals surface area contributed by atoms with Crippen LogP contribution in [0.2, 0.25) is 0 Å². The zero-order chi connectivity index (χ0) is 16.1. The molecule has 1 aliphatic heterocycles. The van der Waals surface area contributed by atoms with Gasteiger partial charge in [-0.25, -0.2) is 4.79 Å². The maximum absolute atomic E-state index is 13.0. The fourth-order valence-electron chi connectivity index (χ4n) is 2.63. The van der Waals surface area contributed by atoms with Gasteiger partial charge in [-0.2, -0.15) is 11.8 Å². The number of amides is 1. The van der Waals surface area contributed by atoms with Crippen LogP contribution in [0.3, 0.4) is 0 Å². The van der Waals surface area contributed by atoms with Crippen LogP contribution in [0, 0.1) is 0 Å². The van der Waals surface area contributed by atoms with E-state index in [1.54, 1.807) is 23.6 Å². The van der Waals surface area contributed by atoms with Gasteiger partial charge < -0.3 is 9.64 Å². The van der Waals surface area contributed by atoms with E-state index in [1.165, 1.54) is 0 Å². The Bertz CT molecular complexity index is 544. The number of nitrogens with zero attached hydrogens (tertiary/aromatic N) is 1. The Balaban J connectivity index is 2.28. The third kappa shape index (κ3) is 3.64. The molecule has 1 aromatic rings. The minimum Gasteiger partial charge on any atom is -0.464 e. The second-order valence-electron chi connectivity index (χ2n) is 5.58. The minimum atomic E-state index is -0.480. The highest BCUT2D eigenvalue weighted by Gasteiger charge is 2.34. The number of benzene rings is 1. The van der Waals surface area contributed by atoms with E-state index in [4.69, 9.17) is 4.74 Å². The van der Waals surface area contributed by atoms with Gasteiger partial charge in [0.05, 0.1) is 6.61 Å². The van der Waals surface area contributed by atoms with Crippen LogP contribution < -0.4 is 0 Å². The molecular weight excluding hydrogens is 298 g/mol. The molecule has 22 heavy (non-hydrogen) atoms. The van der Waals surface area contributed by atoms with Crippen molar-refractivity contribution in [2.75, 3.05) is 24.7 Å². The summed E-state index contributed by atoms with van der Waals surface area (Å²) in [6, 6.07) is 7.17. The lowest BCUT2D eigenvalue weighted by molar-refractivity contribution is -0.147. The van der Waals surface area contributed by atoms with Gasteiger partial charge in [0, 0.05) is 23.6 Å². The van der Waals surface area contributed by atoms with E-state index in [9.17, 15) is 9.59 Å². The number of carbonyl (C=O) groups is 2. The summed E-state index contributed by atoms with van der Waals surface area (Å²) >= 11 is 1.69. The lowest BCUT2D eigenvalue weighted by Crippen LogP contribution is -2.51. The highest BCUT2D eigenvalue weighted by atomic mass is 32.2. The topological polar surface area (TPSA) is 46.6 Å². The molecule has 1 aromatic carbocycles. The summed E-state index contributed by atoms with van der Waals surface area (Å²) in [6.07, 6.45) is 0. The third-order valence-electron chi connectivity index (χ3n) is 3.76. The lowest BCUT2D eigenvalue weighted by atomic mass is 9.96. The smallest absolute Gasteiger partial charge is 0.329 e. The van der Waals surface area contributed by atoms with Gasteiger partial charge in [-0.15, -0.1) is 0 Å². The Morgan fingerprint density at radius 3 is 2.77 bits per heavy atom. The quantitative estimate of drug-likeness (QED) is 0.800.